The lowest BCUT2D eigenvalue weighted by Crippen LogP contribution is -2.30. The summed E-state index contributed by atoms with van der Waals surface area (Å²) in [5.41, 5.74) is 1.99. The van der Waals surface area contributed by atoms with Crippen LogP contribution in [0, 0.1) is 0 Å². The molecule has 8 heteroatoms. The number of nitrogens with zero attached hydrogens (tertiary/aromatic N) is 2. The van der Waals surface area contributed by atoms with Crippen LogP contribution in [-0.2, 0) is 4.79 Å². The van der Waals surface area contributed by atoms with Crippen LogP contribution in [0.1, 0.15) is 6.92 Å². The number of fused-ring (bicyclic) bond motifs is 1. The van der Waals surface area contributed by atoms with Crippen molar-refractivity contribution in [3.63, 3.8) is 0 Å². The van der Waals surface area contributed by atoms with Crippen molar-refractivity contribution in [1.82, 2.24) is 8.75 Å². The van der Waals surface area contributed by atoms with E-state index in [9.17, 15) is 4.79 Å². The summed E-state index contributed by atoms with van der Waals surface area (Å²) in [6, 6.07) is 10.2. The molecule has 2 aromatic carbocycles. The maximum absolute atomic E-state index is 12.3. The van der Waals surface area contributed by atoms with Crippen LogP contribution in [0.5, 0.6) is 5.75 Å². The van der Waals surface area contributed by atoms with Crippen LogP contribution in [0.25, 0.3) is 11.0 Å². The van der Waals surface area contributed by atoms with E-state index in [1.807, 2.05) is 6.07 Å². The molecule has 23 heavy (non-hydrogen) atoms. The average Bonchev–Trinajstić information content (AvgIpc) is 2.99. The van der Waals surface area contributed by atoms with E-state index in [2.05, 4.69) is 14.1 Å². The molecule has 118 valence electrons. The van der Waals surface area contributed by atoms with E-state index in [1.165, 1.54) is 0 Å². The third-order valence-electron chi connectivity index (χ3n) is 3.11. The Morgan fingerprint density at radius 2 is 2.09 bits per heavy atom. The smallest absolute Gasteiger partial charge is 0.265 e. The standard InChI is InChI=1S/C15H11Cl2N3O2S/c1-8(22-13-6-5-9(16)7-10(13)17)15(21)18-11-3-2-4-12-14(11)20-23-19-12/h2-8H,1H3,(H,18,21)/t8-/m0/s1. The Hall–Kier alpha value is -1.89. The zero-order valence-electron chi connectivity index (χ0n) is 11.9. The van der Waals surface area contributed by atoms with Gasteiger partial charge in [0.25, 0.3) is 5.91 Å². The maximum Gasteiger partial charge on any atom is 0.265 e. The van der Waals surface area contributed by atoms with Crippen molar-refractivity contribution in [3.05, 3.63) is 46.4 Å². The largest absolute Gasteiger partial charge is 0.479 e. The van der Waals surface area contributed by atoms with Crippen LogP contribution in [0.2, 0.25) is 10.0 Å². The first-order chi connectivity index (χ1) is 11.0. The number of hydrogen-bond acceptors (Lipinski definition) is 5. The predicted octanol–water partition coefficient (Wildman–Crippen LogP) is 4.40. The highest BCUT2D eigenvalue weighted by Gasteiger charge is 2.18. The molecule has 0 saturated heterocycles. The van der Waals surface area contributed by atoms with Crippen LogP contribution in [0.4, 0.5) is 5.69 Å². The Balaban J connectivity index is 1.74. The number of halogens is 2. The summed E-state index contributed by atoms with van der Waals surface area (Å²) in [6.07, 6.45) is -0.740. The minimum Gasteiger partial charge on any atom is -0.479 e. The van der Waals surface area contributed by atoms with Gasteiger partial charge in [0.05, 0.1) is 22.4 Å². The summed E-state index contributed by atoms with van der Waals surface area (Å²) in [5, 5.41) is 3.64. The third-order valence-corrected chi connectivity index (χ3v) is 4.18. The molecule has 0 bridgehead atoms. The molecule has 1 heterocycles. The predicted molar refractivity (Wildman–Crippen MR) is 92.6 cm³/mol. The van der Waals surface area contributed by atoms with E-state index in [0.29, 0.717) is 27.0 Å². The Morgan fingerprint density at radius 1 is 1.26 bits per heavy atom. The highest BCUT2D eigenvalue weighted by Crippen LogP contribution is 2.28. The minimum atomic E-state index is -0.740. The molecule has 0 unspecified atom stereocenters. The van der Waals surface area contributed by atoms with Crippen molar-refractivity contribution < 1.29 is 9.53 Å². The molecule has 0 fully saturated rings. The molecule has 0 spiro atoms. The zero-order valence-corrected chi connectivity index (χ0v) is 14.2. The fourth-order valence-electron chi connectivity index (χ4n) is 1.96. The fourth-order valence-corrected chi connectivity index (χ4v) is 2.96. The highest BCUT2D eigenvalue weighted by atomic mass is 35.5. The van der Waals surface area contributed by atoms with E-state index < -0.39 is 6.10 Å². The lowest BCUT2D eigenvalue weighted by atomic mass is 10.2. The van der Waals surface area contributed by atoms with Gasteiger partial charge in [-0.2, -0.15) is 8.75 Å². The number of benzene rings is 2. The summed E-state index contributed by atoms with van der Waals surface area (Å²) in [7, 11) is 0. The second-order valence-electron chi connectivity index (χ2n) is 4.76. The van der Waals surface area contributed by atoms with Crippen LogP contribution in [0.15, 0.2) is 36.4 Å². The van der Waals surface area contributed by atoms with E-state index in [-0.39, 0.29) is 5.91 Å². The number of carbonyl (C=O) groups is 1. The summed E-state index contributed by atoms with van der Waals surface area (Å²) in [4.78, 5) is 12.3. The Morgan fingerprint density at radius 3 is 2.87 bits per heavy atom. The van der Waals surface area contributed by atoms with Gasteiger partial charge in [-0.1, -0.05) is 29.3 Å². The van der Waals surface area contributed by atoms with Gasteiger partial charge in [0.2, 0.25) is 0 Å². The molecular weight excluding hydrogens is 357 g/mol. The van der Waals surface area contributed by atoms with Gasteiger partial charge in [-0.3, -0.25) is 4.79 Å². The van der Waals surface area contributed by atoms with Gasteiger partial charge in [-0.05, 0) is 37.3 Å². The zero-order chi connectivity index (χ0) is 16.4. The van der Waals surface area contributed by atoms with Gasteiger partial charge in [0, 0.05) is 5.02 Å². The van der Waals surface area contributed by atoms with Crippen molar-refractivity contribution in [2.75, 3.05) is 5.32 Å². The molecular formula is C15H11Cl2N3O2S. The third kappa shape index (κ3) is 3.55. The Bertz CT molecular complexity index is 869. The number of carbonyl (C=O) groups excluding carboxylic acids is 1. The normalized spacial score (nSPS) is 12.1. The number of hydrogen-bond donors (Lipinski definition) is 1. The van der Waals surface area contributed by atoms with Crippen molar-refractivity contribution in [2.24, 2.45) is 0 Å². The number of amides is 1. The van der Waals surface area contributed by atoms with Gasteiger partial charge in [0.15, 0.2) is 6.10 Å². The van der Waals surface area contributed by atoms with Crippen molar-refractivity contribution >= 4 is 57.6 Å². The summed E-state index contributed by atoms with van der Waals surface area (Å²) in [5.74, 6) is 0.0868. The average molecular weight is 368 g/mol. The molecule has 3 aromatic rings. The molecule has 1 aromatic heterocycles. The monoisotopic (exact) mass is 367 g/mol. The number of nitrogens with one attached hydrogen (secondary N) is 1. The topological polar surface area (TPSA) is 64.1 Å². The second-order valence-corrected chi connectivity index (χ2v) is 6.13. The van der Waals surface area contributed by atoms with E-state index >= 15 is 0 Å². The first-order valence-electron chi connectivity index (χ1n) is 6.68. The molecule has 0 saturated carbocycles. The summed E-state index contributed by atoms with van der Waals surface area (Å²) >= 11 is 13.0. The molecule has 3 rings (SSSR count). The summed E-state index contributed by atoms with van der Waals surface area (Å²) < 4.78 is 13.9. The van der Waals surface area contributed by atoms with Crippen LogP contribution >= 0.6 is 34.9 Å². The number of anilines is 1. The van der Waals surface area contributed by atoms with Crippen molar-refractivity contribution in [2.45, 2.75) is 13.0 Å². The number of aromatic nitrogens is 2. The molecule has 0 aliphatic rings. The molecule has 1 amide bonds. The van der Waals surface area contributed by atoms with E-state index in [1.54, 1.807) is 37.3 Å². The molecule has 1 atom stereocenters. The fraction of sp³-hybridized carbons (Fsp3) is 0.133. The van der Waals surface area contributed by atoms with Gasteiger partial charge in [-0.25, -0.2) is 0 Å². The van der Waals surface area contributed by atoms with Crippen LogP contribution in [0.3, 0.4) is 0 Å². The van der Waals surface area contributed by atoms with Crippen molar-refractivity contribution in [1.29, 1.82) is 0 Å². The lowest BCUT2D eigenvalue weighted by molar-refractivity contribution is -0.122. The van der Waals surface area contributed by atoms with Gasteiger partial charge < -0.3 is 10.1 Å². The first kappa shape index (κ1) is 16.0. The first-order valence-corrected chi connectivity index (χ1v) is 8.17. The number of rotatable bonds is 4. The SMILES string of the molecule is C[C@H](Oc1ccc(Cl)cc1Cl)C(=O)Nc1cccc2nsnc12. The van der Waals surface area contributed by atoms with Crippen LogP contribution < -0.4 is 10.1 Å². The molecule has 1 N–H and O–H groups in total. The van der Waals surface area contributed by atoms with Crippen LogP contribution in [-0.4, -0.2) is 20.8 Å². The molecule has 0 aliphatic carbocycles. The highest BCUT2D eigenvalue weighted by molar-refractivity contribution is 7.00. The van der Waals surface area contributed by atoms with Gasteiger partial charge in [-0.15, -0.1) is 0 Å². The van der Waals surface area contributed by atoms with Gasteiger partial charge in [0.1, 0.15) is 16.8 Å². The van der Waals surface area contributed by atoms with E-state index in [0.717, 1.165) is 17.2 Å². The Kier molecular flexibility index (Phi) is 4.66. The minimum absolute atomic E-state index is 0.309. The molecule has 0 aliphatic heterocycles. The summed E-state index contributed by atoms with van der Waals surface area (Å²) in [6.45, 7) is 1.64. The van der Waals surface area contributed by atoms with Crippen molar-refractivity contribution in [3.8, 4) is 5.75 Å². The molecule has 0 radical (unpaired) electrons. The van der Waals surface area contributed by atoms with E-state index in [4.69, 9.17) is 27.9 Å². The van der Waals surface area contributed by atoms with Gasteiger partial charge >= 0.3 is 0 Å². The number of ether oxygens (including phenoxy) is 1. The Labute approximate surface area is 146 Å². The quantitative estimate of drug-likeness (QED) is 0.741. The molecule has 5 nitrogen and oxygen atoms in total. The lowest BCUT2D eigenvalue weighted by Gasteiger charge is -2.15. The second kappa shape index (κ2) is 6.70. The maximum atomic E-state index is 12.3.